The fraction of sp³-hybridized carbons (Fsp3) is 0.467. The maximum Gasteiger partial charge on any atom is 0.309 e. The van der Waals surface area contributed by atoms with Gasteiger partial charge in [-0.15, -0.1) is 0 Å². The summed E-state index contributed by atoms with van der Waals surface area (Å²) in [7, 11) is 1.37. The third-order valence-corrected chi connectivity index (χ3v) is 4.30. The molecule has 0 spiro atoms. The van der Waals surface area contributed by atoms with Crippen molar-refractivity contribution in [2.45, 2.75) is 12.8 Å². The van der Waals surface area contributed by atoms with Crippen molar-refractivity contribution in [3.8, 4) is 0 Å². The van der Waals surface area contributed by atoms with Gasteiger partial charge in [-0.25, -0.2) is 0 Å². The summed E-state index contributed by atoms with van der Waals surface area (Å²) in [5.74, 6) is -0.657. The molecule has 1 fully saturated rings. The number of amides is 1. The van der Waals surface area contributed by atoms with Gasteiger partial charge >= 0.3 is 5.97 Å². The highest BCUT2D eigenvalue weighted by Crippen LogP contribution is 2.27. The molecule has 9 heteroatoms. The number of rotatable bonds is 5. The number of esters is 1. The second-order valence-corrected chi connectivity index (χ2v) is 6.13. The lowest BCUT2D eigenvalue weighted by molar-refractivity contribution is -0.897. The van der Waals surface area contributed by atoms with E-state index >= 15 is 0 Å². The zero-order valence-electron chi connectivity index (χ0n) is 13.2. The number of quaternary nitrogens is 1. The Morgan fingerprint density at radius 2 is 2.08 bits per heavy atom. The van der Waals surface area contributed by atoms with Crippen molar-refractivity contribution in [2.75, 3.05) is 32.1 Å². The summed E-state index contributed by atoms with van der Waals surface area (Å²) in [6.07, 6.45) is 1.32. The second kappa shape index (κ2) is 8.07. The summed E-state index contributed by atoms with van der Waals surface area (Å²) >= 11 is 5.83. The zero-order chi connectivity index (χ0) is 17.7. The fourth-order valence-corrected chi connectivity index (χ4v) is 2.97. The minimum Gasteiger partial charge on any atom is -0.469 e. The standard InChI is InChI=1S/C15H18ClN3O5/c1-24-15(21)10-4-6-18(7-5-10)9-14(20)17-12-8-11(16)2-3-13(12)19(22)23/h2-3,8,10H,4-7,9H2,1H3,(H,17,20)/p+1. The lowest BCUT2D eigenvalue weighted by Gasteiger charge is -2.27. The third kappa shape index (κ3) is 4.65. The average molecular weight is 357 g/mol. The topological polar surface area (TPSA) is 103 Å². The summed E-state index contributed by atoms with van der Waals surface area (Å²) in [4.78, 5) is 35.1. The van der Waals surface area contributed by atoms with Crippen molar-refractivity contribution in [1.29, 1.82) is 0 Å². The molecular weight excluding hydrogens is 338 g/mol. The lowest BCUT2D eigenvalue weighted by Crippen LogP contribution is -3.14. The first-order valence-electron chi connectivity index (χ1n) is 7.56. The molecule has 1 aromatic rings. The normalized spacial score (nSPS) is 20.2. The van der Waals surface area contributed by atoms with Gasteiger partial charge in [-0.3, -0.25) is 19.7 Å². The molecule has 24 heavy (non-hydrogen) atoms. The van der Waals surface area contributed by atoms with E-state index in [4.69, 9.17) is 16.3 Å². The number of ether oxygens (including phenoxy) is 1. The maximum atomic E-state index is 12.1. The largest absolute Gasteiger partial charge is 0.469 e. The van der Waals surface area contributed by atoms with Crippen molar-refractivity contribution in [3.63, 3.8) is 0 Å². The minimum absolute atomic E-state index is 0.0846. The summed E-state index contributed by atoms with van der Waals surface area (Å²) in [6, 6.07) is 4.02. The fourth-order valence-electron chi connectivity index (χ4n) is 2.79. The highest BCUT2D eigenvalue weighted by molar-refractivity contribution is 6.31. The van der Waals surface area contributed by atoms with Gasteiger partial charge in [0, 0.05) is 23.9 Å². The van der Waals surface area contributed by atoms with Crippen LogP contribution in [0, 0.1) is 16.0 Å². The Hall–Kier alpha value is -2.19. The summed E-state index contributed by atoms with van der Waals surface area (Å²) in [5.41, 5.74) is -0.117. The Bertz CT molecular complexity index is 644. The van der Waals surface area contributed by atoms with Crippen molar-refractivity contribution in [1.82, 2.24) is 0 Å². The van der Waals surface area contributed by atoms with Crippen LogP contribution < -0.4 is 10.2 Å². The van der Waals surface area contributed by atoms with Crippen molar-refractivity contribution < 1.29 is 24.1 Å². The number of likely N-dealkylation sites (tertiary alicyclic amines) is 1. The number of anilines is 1. The van der Waals surface area contributed by atoms with E-state index in [1.165, 1.54) is 25.3 Å². The molecule has 0 unspecified atom stereocenters. The molecule has 1 aliphatic rings. The first-order chi connectivity index (χ1) is 11.4. The molecule has 0 bridgehead atoms. The Labute approximate surface area is 143 Å². The molecule has 2 rings (SSSR count). The van der Waals surface area contributed by atoms with Crippen molar-refractivity contribution in [3.05, 3.63) is 33.3 Å². The number of methoxy groups -OCH3 is 1. The van der Waals surface area contributed by atoms with Gasteiger partial charge in [0.05, 0.1) is 31.0 Å². The molecular formula is C15H19ClN3O5+. The molecule has 2 N–H and O–H groups in total. The van der Waals surface area contributed by atoms with Crippen LogP contribution >= 0.6 is 11.6 Å². The van der Waals surface area contributed by atoms with E-state index < -0.39 is 4.92 Å². The van der Waals surface area contributed by atoms with Crippen LogP contribution in [-0.2, 0) is 14.3 Å². The number of carbonyl (C=O) groups is 2. The highest BCUT2D eigenvalue weighted by atomic mass is 35.5. The molecule has 0 radical (unpaired) electrons. The smallest absolute Gasteiger partial charge is 0.309 e. The SMILES string of the molecule is COC(=O)C1CC[NH+](CC(=O)Nc2cc(Cl)ccc2[N+](=O)[O-])CC1. The Morgan fingerprint density at radius 3 is 2.67 bits per heavy atom. The van der Waals surface area contributed by atoms with Crippen LogP contribution in [0.5, 0.6) is 0 Å². The number of hydrogen-bond acceptors (Lipinski definition) is 5. The van der Waals surface area contributed by atoms with E-state index in [-0.39, 0.29) is 35.7 Å². The Kier molecular flexibility index (Phi) is 6.10. The number of carbonyl (C=O) groups excluding carboxylic acids is 2. The van der Waals surface area contributed by atoms with Gasteiger partial charge in [0.1, 0.15) is 5.69 Å². The first kappa shape index (κ1) is 18.2. The molecule has 1 aromatic carbocycles. The zero-order valence-corrected chi connectivity index (χ0v) is 14.0. The predicted molar refractivity (Wildman–Crippen MR) is 87.0 cm³/mol. The van der Waals surface area contributed by atoms with Gasteiger partial charge in [0.2, 0.25) is 0 Å². The Morgan fingerprint density at radius 1 is 1.42 bits per heavy atom. The molecule has 1 heterocycles. The summed E-state index contributed by atoms with van der Waals surface area (Å²) in [5, 5.41) is 13.9. The predicted octanol–water partition coefficient (Wildman–Crippen LogP) is 0.655. The van der Waals surface area contributed by atoms with Gasteiger partial charge < -0.3 is 15.0 Å². The first-order valence-corrected chi connectivity index (χ1v) is 7.93. The van der Waals surface area contributed by atoms with Crippen LogP contribution in [0.3, 0.4) is 0 Å². The van der Waals surface area contributed by atoms with E-state index in [0.29, 0.717) is 31.0 Å². The number of piperidine rings is 1. The highest BCUT2D eigenvalue weighted by Gasteiger charge is 2.29. The number of benzene rings is 1. The number of halogens is 1. The summed E-state index contributed by atoms with van der Waals surface area (Å²) < 4.78 is 4.73. The van der Waals surface area contributed by atoms with Crippen molar-refractivity contribution >= 4 is 34.9 Å². The molecule has 1 amide bonds. The van der Waals surface area contributed by atoms with Gasteiger partial charge in [-0.2, -0.15) is 0 Å². The molecule has 0 aromatic heterocycles. The molecule has 130 valence electrons. The average Bonchev–Trinajstić information content (AvgIpc) is 2.54. The third-order valence-electron chi connectivity index (χ3n) is 4.07. The van der Waals surface area contributed by atoms with Gasteiger partial charge in [0.25, 0.3) is 11.6 Å². The maximum absolute atomic E-state index is 12.1. The molecule has 0 aliphatic carbocycles. The number of nitrogens with one attached hydrogen (secondary N) is 2. The lowest BCUT2D eigenvalue weighted by atomic mass is 9.97. The van der Waals surface area contributed by atoms with E-state index in [2.05, 4.69) is 5.32 Å². The summed E-state index contributed by atoms with van der Waals surface area (Å²) in [6.45, 7) is 1.52. The number of nitro groups is 1. The van der Waals surface area contributed by atoms with Gasteiger partial charge in [0.15, 0.2) is 6.54 Å². The number of nitro benzene ring substituents is 1. The van der Waals surface area contributed by atoms with E-state index in [1.807, 2.05) is 0 Å². The van der Waals surface area contributed by atoms with Crippen molar-refractivity contribution in [2.24, 2.45) is 5.92 Å². The van der Waals surface area contributed by atoms with E-state index in [0.717, 1.165) is 4.90 Å². The van der Waals surface area contributed by atoms with Gasteiger partial charge in [-0.05, 0) is 12.1 Å². The van der Waals surface area contributed by atoms with Crippen LogP contribution in [0.4, 0.5) is 11.4 Å². The molecule has 0 atom stereocenters. The number of hydrogen-bond donors (Lipinski definition) is 2. The molecule has 1 aliphatic heterocycles. The van der Waals surface area contributed by atoms with Crippen LogP contribution in [0.25, 0.3) is 0 Å². The molecule has 8 nitrogen and oxygen atoms in total. The van der Waals surface area contributed by atoms with Crippen LogP contribution in [-0.4, -0.2) is 43.5 Å². The second-order valence-electron chi connectivity index (χ2n) is 5.69. The van der Waals surface area contributed by atoms with Crippen LogP contribution in [0.15, 0.2) is 18.2 Å². The van der Waals surface area contributed by atoms with E-state index in [1.54, 1.807) is 0 Å². The Balaban J connectivity index is 1.92. The van der Waals surface area contributed by atoms with Crippen LogP contribution in [0.2, 0.25) is 5.02 Å². The molecule has 1 saturated heterocycles. The van der Waals surface area contributed by atoms with Crippen LogP contribution in [0.1, 0.15) is 12.8 Å². The minimum atomic E-state index is -0.569. The number of nitrogens with zero attached hydrogens (tertiary/aromatic N) is 1. The molecule has 0 saturated carbocycles. The van der Waals surface area contributed by atoms with E-state index in [9.17, 15) is 19.7 Å². The quantitative estimate of drug-likeness (QED) is 0.458. The monoisotopic (exact) mass is 356 g/mol. The van der Waals surface area contributed by atoms with Gasteiger partial charge in [-0.1, -0.05) is 11.6 Å².